The van der Waals surface area contributed by atoms with E-state index in [4.69, 9.17) is 16.3 Å². The second-order valence-corrected chi connectivity index (χ2v) is 7.03. The molecular formula is C13H18ClNO3S. The number of halogens is 1. The molecule has 0 unspecified atom stereocenters. The van der Waals surface area contributed by atoms with E-state index in [1.165, 1.54) is 17.5 Å². The minimum absolute atomic E-state index is 0.160. The average molecular weight is 304 g/mol. The number of aryl methyl sites for hydroxylation is 1. The Morgan fingerprint density at radius 3 is 2.42 bits per heavy atom. The number of hydrogen-bond donors (Lipinski definition) is 0. The van der Waals surface area contributed by atoms with Crippen LogP contribution in [0.1, 0.15) is 24.8 Å². The highest BCUT2D eigenvalue weighted by atomic mass is 35.5. The summed E-state index contributed by atoms with van der Waals surface area (Å²) >= 11 is 6.05. The van der Waals surface area contributed by atoms with Gasteiger partial charge < -0.3 is 4.74 Å². The summed E-state index contributed by atoms with van der Waals surface area (Å²) < 4.78 is 31.9. The highest BCUT2D eigenvalue weighted by molar-refractivity contribution is 7.89. The maximum atomic E-state index is 12.6. The number of sulfonamides is 1. The van der Waals surface area contributed by atoms with Crippen LogP contribution in [-0.2, 0) is 10.0 Å². The van der Waals surface area contributed by atoms with E-state index < -0.39 is 10.0 Å². The molecule has 1 aliphatic heterocycles. The summed E-state index contributed by atoms with van der Waals surface area (Å²) in [7, 11) is -2.05. The Labute approximate surface area is 119 Å². The van der Waals surface area contributed by atoms with Gasteiger partial charge in [0.05, 0.1) is 7.11 Å². The molecule has 0 saturated carbocycles. The molecule has 1 saturated heterocycles. The molecule has 0 radical (unpaired) electrons. The number of rotatable bonds is 3. The Hall–Kier alpha value is -0.780. The first-order valence-corrected chi connectivity index (χ1v) is 8.13. The lowest BCUT2D eigenvalue weighted by Crippen LogP contribution is -2.35. The second-order valence-electron chi connectivity index (χ2n) is 4.72. The third-order valence-corrected chi connectivity index (χ3v) is 5.70. The predicted molar refractivity (Wildman–Crippen MR) is 75.4 cm³/mol. The number of benzene rings is 1. The summed E-state index contributed by atoms with van der Waals surface area (Å²) in [5, 5.41) is 0.441. The van der Waals surface area contributed by atoms with Crippen molar-refractivity contribution < 1.29 is 13.2 Å². The summed E-state index contributed by atoms with van der Waals surface area (Å²) in [6.07, 6.45) is 2.89. The summed E-state index contributed by atoms with van der Waals surface area (Å²) in [4.78, 5) is 0.160. The molecule has 0 aromatic heterocycles. The molecule has 0 spiro atoms. The highest BCUT2D eigenvalue weighted by Crippen LogP contribution is 2.33. The molecule has 1 aromatic carbocycles. The Bertz CT molecular complexity index is 565. The van der Waals surface area contributed by atoms with Gasteiger partial charge in [-0.25, -0.2) is 8.42 Å². The number of hydrogen-bond acceptors (Lipinski definition) is 3. The van der Waals surface area contributed by atoms with Gasteiger partial charge in [-0.2, -0.15) is 4.31 Å². The van der Waals surface area contributed by atoms with Crippen molar-refractivity contribution >= 4 is 21.6 Å². The quantitative estimate of drug-likeness (QED) is 0.862. The molecule has 1 aromatic rings. The predicted octanol–water partition coefficient (Wildman–Crippen LogP) is 2.83. The van der Waals surface area contributed by atoms with E-state index in [0.29, 0.717) is 23.9 Å². The SMILES string of the molecule is COc1cc(C)c(Cl)cc1S(=O)(=O)N1CCCCC1. The standard InChI is InChI=1S/C13H18ClNO3S/c1-10-8-12(18-2)13(9-11(10)14)19(16,17)15-6-4-3-5-7-15/h8-9H,3-7H2,1-2H3. The fraction of sp³-hybridized carbons (Fsp3) is 0.538. The van der Waals surface area contributed by atoms with Gasteiger partial charge >= 0.3 is 0 Å². The van der Waals surface area contributed by atoms with Crippen molar-refractivity contribution in [1.29, 1.82) is 0 Å². The molecule has 0 aliphatic carbocycles. The zero-order valence-corrected chi connectivity index (χ0v) is 12.7. The number of nitrogens with zero attached hydrogens (tertiary/aromatic N) is 1. The largest absolute Gasteiger partial charge is 0.495 e. The maximum Gasteiger partial charge on any atom is 0.246 e. The van der Waals surface area contributed by atoms with Crippen LogP contribution in [0, 0.1) is 6.92 Å². The van der Waals surface area contributed by atoms with Crippen molar-refractivity contribution in [3.8, 4) is 5.75 Å². The Kier molecular flexibility index (Phi) is 4.38. The molecule has 6 heteroatoms. The van der Waals surface area contributed by atoms with Gasteiger partial charge in [0.15, 0.2) is 0 Å². The van der Waals surface area contributed by atoms with Gasteiger partial charge in [0, 0.05) is 18.1 Å². The molecule has 1 heterocycles. The van der Waals surface area contributed by atoms with Gasteiger partial charge in [0.2, 0.25) is 10.0 Å². The third-order valence-electron chi connectivity index (χ3n) is 3.38. The van der Waals surface area contributed by atoms with Gasteiger partial charge in [-0.15, -0.1) is 0 Å². The summed E-state index contributed by atoms with van der Waals surface area (Å²) in [5.74, 6) is 0.354. The molecule has 0 amide bonds. The van der Waals surface area contributed by atoms with Crippen molar-refractivity contribution in [2.45, 2.75) is 31.1 Å². The maximum absolute atomic E-state index is 12.6. The Morgan fingerprint density at radius 2 is 1.84 bits per heavy atom. The molecule has 0 N–H and O–H groups in total. The number of methoxy groups -OCH3 is 1. The van der Waals surface area contributed by atoms with Gasteiger partial charge in [0.25, 0.3) is 0 Å². The fourth-order valence-corrected chi connectivity index (χ4v) is 4.15. The lowest BCUT2D eigenvalue weighted by Gasteiger charge is -2.26. The van der Waals surface area contributed by atoms with Crippen LogP contribution in [0.2, 0.25) is 5.02 Å². The van der Waals surface area contributed by atoms with E-state index in [1.807, 2.05) is 6.92 Å². The lowest BCUT2D eigenvalue weighted by atomic mass is 10.2. The van der Waals surface area contributed by atoms with Gasteiger partial charge in [-0.05, 0) is 37.5 Å². The second kappa shape index (κ2) is 5.69. The zero-order valence-electron chi connectivity index (χ0n) is 11.1. The normalized spacial score (nSPS) is 17.4. The van der Waals surface area contributed by atoms with E-state index in [1.54, 1.807) is 6.07 Å². The molecule has 1 fully saturated rings. The third kappa shape index (κ3) is 2.88. The van der Waals surface area contributed by atoms with Crippen molar-refractivity contribution in [2.24, 2.45) is 0 Å². The van der Waals surface area contributed by atoms with Crippen molar-refractivity contribution in [1.82, 2.24) is 4.31 Å². The molecule has 0 atom stereocenters. The van der Waals surface area contributed by atoms with Crippen LogP contribution in [0.25, 0.3) is 0 Å². The minimum atomic E-state index is -3.52. The van der Waals surface area contributed by atoms with E-state index in [2.05, 4.69) is 0 Å². The van der Waals surface area contributed by atoms with Crippen LogP contribution in [0.3, 0.4) is 0 Å². The molecule has 106 valence electrons. The van der Waals surface area contributed by atoms with Crippen LogP contribution in [0.5, 0.6) is 5.75 Å². The topological polar surface area (TPSA) is 46.6 Å². The van der Waals surface area contributed by atoms with Crippen LogP contribution in [0.4, 0.5) is 0 Å². The Morgan fingerprint density at radius 1 is 1.21 bits per heavy atom. The first-order valence-electron chi connectivity index (χ1n) is 6.31. The van der Waals surface area contributed by atoms with E-state index in [9.17, 15) is 8.42 Å². The van der Waals surface area contributed by atoms with Crippen molar-refractivity contribution in [2.75, 3.05) is 20.2 Å². The van der Waals surface area contributed by atoms with Crippen LogP contribution in [-0.4, -0.2) is 32.9 Å². The number of piperidine rings is 1. The average Bonchev–Trinajstić information content (AvgIpc) is 2.42. The monoisotopic (exact) mass is 303 g/mol. The smallest absolute Gasteiger partial charge is 0.246 e. The van der Waals surface area contributed by atoms with Crippen molar-refractivity contribution in [3.05, 3.63) is 22.7 Å². The molecule has 0 bridgehead atoms. The van der Waals surface area contributed by atoms with Crippen LogP contribution in [0.15, 0.2) is 17.0 Å². The fourth-order valence-electron chi connectivity index (χ4n) is 2.24. The number of ether oxygens (including phenoxy) is 1. The van der Waals surface area contributed by atoms with Gasteiger partial charge in [-0.1, -0.05) is 18.0 Å². The lowest BCUT2D eigenvalue weighted by molar-refractivity contribution is 0.342. The molecule has 19 heavy (non-hydrogen) atoms. The van der Waals surface area contributed by atoms with E-state index >= 15 is 0 Å². The van der Waals surface area contributed by atoms with Gasteiger partial charge in [0.1, 0.15) is 10.6 Å². The molecule has 4 nitrogen and oxygen atoms in total. The summed E-state index contributed by atoms with van der Waals surface area (Å²) in [6.45, 7) is 2.95. The first kappa shape index (κ1) is 14.6. The minimum Gasteiger partial charge on any atom is -0.495 e. The highest BCUT2D eigenvalue weighted by Gasteiger charge is 2.29. The van der Waals surface area contributed by atoms with E-state index in [0.717, 1.165) is 24.8 Å². The molecule has 1 aliphatic rings. The van der Waals surface area contributed by atoms with Crippen LogP contribution < -0.4 is 4.74 Å². The van der Waals surface area contributed by atoms with E-state index in [-0.39, 0.29) is 4.90 Å². The summed E-state index contributed by atoms with van der Waals surface area (Å²) in [5.41, 5.74) is 0.802. The first-order chi connectivity index (χ1) is 8.96. The summed E-state index contributed by atoms with van der Waals surface area (Å²) in [6, 6.07) is 3.15. The molecule has 2 rings (SSSR count). The zero-order chi connectivity index (χ0) is 14.0. The van der Waals surface area contributed by atoms with Gasteiger partial charge in [-0.3, -0.25) is 0 Å². The Balaban J connectivity index is 2.47. The molecular weight excluding hydrogens is 286 g/mol. The van der Waals surface area contributed by atoms with Crippen molar-refractivity contribution in [3.63, 3.8) is 0 Å². The van der Waals surface area contributed by atoms with Crippen LogP contribution >= 0.6 is 11.6 Å².